The molecule has 0 atom stereocenters. The van der Waals surface area contributed by atoms with Crippen LogP contribution in [0.1, 0.15) is 5.56 Å². The van der Waals surface area contributed by atoms with Gasteiger partial charge < -0.3 is 19.6 Å². The summed E-state index contributed by atoms with van der Waals surface area (Å²) in [5.74, 6) is 0.710. The van der Waals surface area contributed by atoms with Crippen LogP contribution in [0, 0.1) is 6.92 Å². The smallest absolute Gasteiger partial charge is 0.140 e. The van der Waals surface area contributed by atoms with Gasteiger partial charge in [0.2, 0.25) is 0 Å². The first kappa shape index (κ1) is 17.0. The van der Waals surface area contributed by atoms with Crippen molar-refractivity contribution >= 4 is 33.4 Å². The molecule has 0 aliphatic rings. The Balaban J connectivity index is 1.67. The molecule has 0 saturated heterocycles. The lowest BCUT2D eigenvalue weighted by Gasteiger charge is -2.12. The van der Waals surface area contributed by atoms with Crippen molar-refractivity contribution in [2.24, 2.45) is 0 Å². The predicted octanol–water partition coefficient (Wildman–Crippen LogP) is 5.22. The van der Waals surface area contributed by atoms with Gasteiger partial charge in [-0.3, -0.25) is 0 Å². The van der Waals surface area contributed by atoms with Crippen molar-refractivity contribution in [3.05, 3.63) is 53.1 Å². The van der Waals surface area contributed by atoms with Crippen molar-refractivity contribution in [2.75, 3.05) is 27.2 Å². The highest BCUT2D eigenvalue weighted by Crippen LogP contribution is 2.33. The minimum atomic E-state index is 0.604. The maximum atomic E-state index is 6.40. The molecule has 0 bridgehead atoms. The number of benzene rings is 2. The summed E-state index contributed by atoms with van der Waals surface area (Å²) >= 11 is 6.40. The van der Waals surface area contributed by atoms with Crippen molar-refractivity contribution in [3.8, 4) is 17.1 Å². The maximum absolute atomic E-state index is 6.40. The highest BCUT2D eigenvalue weighted by molar-refractivity contribution is 6.32. The van der Waals surface area contributed by atoms with E-state index in [1.54, 1.807) is 0 Å². The second-order valence-electron chi connectivity index (χ2n) is 6.98. The molecular weight excluding hydrogens is 346 g/mol. The molecule has 5 heteroatoms. The lowest BCUT2D eigenvalue weighted by Crippen LogP contribution is -2.19. The van der Waals surface area contributed by atoms with Crippen molar-refractivity contribution < 1.29 is 4.74 Å². The highest BCUT2D eigenvalue weighted by atomic mass is 35.5. The first-order valence-corrected chi connectivity index (χ1v) is 9.07. The zero-order valence-electron chi connectivity index (χ0n) is 15.2. The van der Waals surface area contributed by atoms with E-state index in [9.17, 15) is 0 Å². The van der Waals surface area contributed by atoms with E-state index in [2.05, 4.69) is 52.1 Å². The maximum Gasteiger partial charge on any atom is 0.140 e. The third-order valence-electron chi connectivity index (χ3n) is 4.54. The van der Waals surface area contributed by atoms with Crippen LogP contribution in [-0.4, -0.2) is 42.1 Å². The van der Waals surface area contributed by atoms with Gasteiger partial charge in [0.1, 0.15) is 12.4 Å². The summed E-state index contributed by atoms with van der Waals surface area (Å²) in [5.41, 5.74) is 5.50. The Morgan fingerprint density at radius 3 is 2.35 bits per heavy atom. The molecule has 2 N–H and O–H groups in total. The van der Waals surface area contributed by atoms with Gasteiger partial charge in [-0.2, -0.15) is 0 Å². The number of aromatic nitrogens is 2. The minimum absolute atomic E-state index is 0.604. The summed E-state index contributed by atoms with van der Waals surface area (Å²) < 4.78 is 5.83. The molecule has 0 unspecified atom stereocenters. The monoisotopic (exact) mass is 367 g/mol. The molecule has 2 heterocycles. The number of likely N-dealkylation sites (N-methyl/N-ethyl adjacent to an activating group) is 1. The van der Waals surface area contributed by atoms with Crippen LogP contribution in [0.25, 0.3) is 33.2 Å². The zero-order valence-corrected chi connectivity index (χ0v) is 15.9. The van der Waals surface area contributed by atoms with Crippen LogP contribution in [0.4, 0.5) is 0 Å². The van der Waals surface area contributed by atoms with E-state index in [-0.39, 0.29) is 0 Å². The molecule has 2 aromatic heterocycles. The Morgan fingerprint density at radius 1 is 0.923 bits per heavy atom. The summed E-state index contributed by atoms with van der Waals surface area (Å²) in [6.45, 7) is 3.55. The molecule has 4 aromatic rings. The van der Waals surface area contributed by atoms with Crippen molar-refractivity contribution in [3.63, 3.8) is 0 Å². The zero-order chi connectivity index (χ0) is 18.3. The third kappa shape index (κ3) is 3.30. The van der Waals surface area contributed by atoms with Gasteiger partial charge in [-0.25, -0.2) is 0 Å². The molecule has 2 aromatic carbocycles. The first-order chi connectivity index (χ1) is 12.5. The highest BCUT2D eigenvalue weighted by Gasteiger charge is 2.11. The fourth-order valence-corrected chi connectivity index (χ4v) is 3.34. The number of hydrogen-bond donors (Lipinski definition) is 2. The van der Waals surface area contributed by atoms with E-state index in [0.717, 1.165) is 34.4 Å². The van der Waals surface area contributed by atoms with Crippen LogP contribution >= 0.6 is 11.6 Å². The Morgan fingerprint density at radius 2 is 1.62 bits per heavy atom. The molecule has 134 valence electrons. The molecule has 0 spiro atoms. The Bertz CT molecular complexity index is 1080. The van der Waals surface area contributed by atoms with Crippen LogP contribution in [0.15, 0.2) is 42.5 Å². The number of halogens is 1. The number of ether oxygens (including phenoxy) is 1. The summed E-state index contributed by atoms with van der Waals surface area (Å²) in [4.78, 5) is 9.04. The average molecular weight is 368 g/mol. The number of rotatable bonds is 5. The fourth-order valence-electron chi connectivity index (χ4n) is 3.11. The van der Waals surface area contributed by atoms with Crippen molar-refractivity contribution in [2.45, 2.75) is 6.92 Å². The van der Waals surface area contributed by atoms with E-state index < -0.39 is 0 Å². The molecule has 4 rings (SSSR count). The van der Waals surface area contributed by atoms with Crippen molar-refractivity contribution in [1.29, 1.82) is 0 Å². The average Bonchev–Trinajstić information content (AvgIpc) is 3.17. The van der Waals surface area contributed by atoms with Crippen LogP contribution < -0.4 is 4.74 Å². The number of hydrogen-bond acceptors (Lipinski definition) is 2. The number of aromatic amines is 2. The molecule has 0 radical (unpaired) electrons. The van der Waals surface area contributed by atoms with Gasteiger partial charge in [-0.15, -0.1) is 0 Å². The van der Waals surface area contributed by atoms with Crippen LogP contribution in [0.5, 0.6) is 5.75 Å². The van der Waals surface area contributed by atoms with Crippen LogP contribution in [-0.2, 0) is 0 Å². The SMILES string of the molecule is Cc1ccc2cc(-c3cc4cc(Cl)c(OCCN(C)C)cc4[nH]3)[nH]c2c1. The molecule has 4 nitrogen and oxygen atoms in total. The van der Waals surface area contributed by atoms with Crippen molar-refractivity contribution in [1.82, 2.24) is 14.9 Å². The van der Waals surface area contributed by atoms with Gasteiger partial charge in [0, 0.05) is 34.4 Å². The van der Waals surface area contributed by atoms with E-state index in [0.29, 0.717) is 17.4 Å². The molecule has 0 saturated carbocycles. The fraction of sp³-hybridized carbons (Fsp3) is 0.238. The molecule has 0 amide bonds. The molecule has 0 fully saturated rings. The van der Waals surface area contributed by atoms with Gasteiger partial charge in [0.05, 0.1) is 16.4 Å². The molecular formula is C21H22ClN3O. The number of nitrogens with zero attached hydrogens (tertiary/aromatic N) is 1. The Hall–Kier alpha value is -2.43. The van der Waals surface area contributed by atoms with Gasteiger partial charge >= 0.3 is 0 Å². The number of H-pyrrole nitrogens is 2. The Labute approximate surface area is 157 Å². The lowest BCUT2D eigenvalue weighted by molar-refractivity contribution is 0.262. The second-order valence-corrected chi connectivity index (χ2v) is 7.39. The van der Waals surface area contributed by atoms with Crippen LogP contribution in [0.2, 0.25) is 5.02 Å². The lowest BCUT2D eigenvalue weighted by atomic mass is 10.2. The molecule has 0 aliphatic heterocycles. The van der Waals surface area contributed by atoms with E-state index in [1.807, 2.05) is 26.2 Å². The first-order valence-electron chi connectivity index (χ1n) is 8.69. The van der Waals surface area contributed by atoms with Gasteiger partial charge in [0.15, 0.2) is 0 Å². The van der Waals surface area contributed by atoms with Crippen LogP contribution in [0.3, 0.4) is 0 Å². The normalized spacial score (nSPS) is 11.7. The largest absolute Gasteiger partial charge is 0.491 e. The summed E-state index contributed by atoms with van der Waals surface area (Å²) in [5, 5.41) is 2.91. The predicted molar refractivity (Wildman–Crippen MR) is 109 cm³/mol. The van der Waals surface area contributed by atoms with Gasteiger partial charge in [0.25, 0.3) is 0 Å². The minimum Gasteiger partial charge on any atom is -0.491 e. The van der Waals surface area contributed by atoms with Gasteiger partial charge in [-0.1, -0.05) is 23.7 Å². The number of nitrogens with one attached hydrogen (secondary N) is 2. The molecule has 0 aliphatic carbocycles. The van der Waals surface area contributed by atoms with Gasteiger partial charge in [-0.05, 0) is 50.8 Å². The Kier molecular flexibility index (Phi) is 4.39. The van der Waals surface area contributed by atoms with E-state index in [1.165, 1.54) is 10.9 Å². The summed E-state index contributed by atoms with van der Waals surface area (Å²) in [6, 6.07) is 14.6. The standard InChI is InChI=1S/C21H22ClN3O/c1-13-4-5-14-10-19(23-17(14)8-13)20-11-15-9-16(22)21(12-18(15)24-20)26-7-6-25(2)3/h4-5,8-12,23-24H,6-7H2,1-3H3. The number of fused-ring (bicyclic) bond motifs is 2. The quantitative estimate of drug-likeness (QED) is 0.508. The topological polar surface area (TPSA) is 44.0 Å². The third-order valence-corrected chi connectivity index (χ3v) is 4.83. The van der Waals surface area contributed by atoms with E-state index >= 15 is 0 Å². The summed E-state index contributed by atoms with van der Waals surface area (Å²) in [6.07, 6.45) is 0. The summed E-state index contributed by atoms with van der Waals surface area (Å²) in [7, 11) is 4.04. The van der Waals surface area contributed by atoms with E-state index in [4.69, 9.17) is 16.3 Å². The number of aryl methyl sites for hydroxylation is 1. The molecule has 26 heavy (non-hydrogen) atoms. The second kappa shape index (κ2) is 6.71.